The van der Waals surface area contributed by atoms with Gasteiger partial charge in [0.2, 0.25) is 65.0 Å². The first-order valence-electron chi connectivity index (χ1n) is 32.2. The maximum atomic E-state index is 14.6. The number of carboxylic acid groups (broad SMARTS) is 4. The summed E-state index contributed by atoms with van der Waals surface area (Å²) in [6.45, 7) is 1.66. The Labute approximate surface area is 599 Å². The molecule has 22 N–H and O–H groups in total. The number of benzene rings is 3. The van der Waals surface area contributed by atoms with Crippen LogP contribution < -0.4 is 64.2 Å². The molecule has 4 aromatic rings. The number of aromatic nitrogens is 1. The lowest BCUT2D eigenvalue weighted by Crippen LogP contribution is -2.63. The summed E-state index contributed by atoms with van der Waals surface area (Å²) in [4.78, 5) is 204. The number of phenolic OH excluding ortho intramolecular Hbond substituents is 1. The molecule has 0 aliphatic rings. The van der Waals surface area contributed by atoms with E-state index in [0.717, 1.165) is 6.92 Å². The molecule has 1 aromatic heterocycles. The van der Waals surface area contributed by atoms with Crippen LogP contribution in [0.3, 0.4) is 0 Å². The first-order valence-corrected chi connectivity index (χ1v) is 33.5. The topological polar surface area (TPSA) is 592 Å². The molecule has 0 aliphatic carbocycles. The molecule has 11 amide bonds. The van der Waals surface area contributed by atoms with Crippen LogP contribution in [0.1, 0.15) is 76.0 Å². The molecule has 4 rings (SSSR count). The third-order valence-electron chi connectivity index (χ3n) is 16.0. The molecule has 36 nitrogen and oxygen atoms in total. The number of aliphatic carboxylic acids is 4. The second-order valence-corrected chi connectivity index (χ2v) is 24.6. The number of aliphatic hydroxyl groups excluding tert-OH is 3. The SMILES string of the molecule is CC[C@H](C)[C@H](NC(=O)[C@@H](N)CS)C(=O)N[C@@H](CCC(=O)O)C(=O)N[C@@H](CCC(=O)O)C(=O)N[C@@H](CO)C(=O)N[C@@H](CC(=O)O)C(=O)N[C@@H](CO)C(=O)N[C@@H](Cc1ccc(O)cc1)C(=O)N[C@H](C(=O)N[C@@H](Cc1c[nH]c2ccccc12)C(=O)N[C@@H](Cc1ccccc1)C(=O)N[C@@H](CS)C(=O)O)[C@@H](C)O. The first-order chi connectivity index (χ1) is 48.7. The average molecular weight is 1480 g/mol. The summed E-state index contributed by atoms with van der Waals surface area (Å²) in [7, 11) is 0. The lowest BCUT2D eigenvalue weighted by Gasteiger charge is -2.29. The Bertz CT molecular complexity index is 3640. The maximum absolute atomic E-state index is 14.6. The van der Waals surface area contributed by atoms with E-state index in [2.05, 4.69) is 72.8 Å². The van der Waals surface area contributed by atoms with Gasteiger partial charge >= 0.3 is 23.9 Å². The van der Waals surface area contributed by atoms with Crippen LogP contribution >= 0.6 is 25.3 Å². The van der Waals surface area contributed by atoms with Crippen LogP contribution in [0.25, 0.3) is 10.9 Å². The molecule has 0 unspecified atom stereocenters. The van der Waals surface area contributed by atoms with Crippen molar-refractivity contribution in [2.75, 3.05) is 24.7 Å². The van der Waals surface area contributed by atoms with Crippen LogP contribution in [-0.4, -0.2) is 238 Å². The number of hydrogen-bond donors (Lipinski definition) is 23. The number of nitrogens with two attached hydrogens (primary N) is 1. The molecule has 0 fully saturated rings. The van der Waals surface area contributed by atoms with E-state index < -0.39 is 225 Å². The Morgan fingerprint density at radius 3 is 1.32 bits per heavy atom. The number of carboxylic acids is 4. The van der Waals surface area contributed by atoms with Gasteiger partial charge in [0.25, 0.3) is 0 Å². The number of phenols is 1. The Morgan fingerprint density at radius 2 is 0.845 bits per heavy atom. The third kappa shape index (κ3) is 27.5. The number of hydrogen-bond acceptors (Lipinski definition) is 22. The molecule has 1 heterocycles. The second kappa shape index (κ2) is 42.1. The van der Waals surface area contributed by atoms with Gasteiger partial charge in [0.05, 0.1) is 31.8 Å². The fourth-order valence-electron chi connectivity index (χ4n) is 10.0. The van der Waals surface area contributed by atoms with Crippen LogP contribution in [0.2, 0.25) is 0 Å². The highest BCUT2D eigenvalue weighted by atomic mass is 32.1. The summed E-state index contributed by atoms with van der Waals surface area (Å²) in [6, 6.07) is -1.00. The Hall–Kier alpha value is -10.4. The fourth-order valence-corrected chi connectivity index (χ4v) is 10.4. The Balaban J connectivity index is 1.60. The minimum atomic E-state index is -2.24. The molecular weight excluding hydrogens is 1390 g/mol. The van der Waals surface area contributed by atoms with Gasteiger partial charge in [-0.2, -0.15) is 25.3 Å². The Kier molecular flexibility index (Phi) is 34.8. The zero-order chi connectivity index (χ0) is 76.8. The summed E-state index contributed by atoms with van der Waals surface area (Å²) >= 11 is 8.00. The molecule has 14 atom stereocenters. The van der Waals surface area contributed by atoms with E-state index in [9.17, 15) is 113 Å². The fraction of sp³-hybridized carbons (Fsp3) is 0.462. The minimum Gasteiger partial charge on any atom is -0.508 e. The number of para-hydroxylation sites is 1. The molecule has 0 bridgehead atoms. The van der Waals surface area contributed by atoms with Crippen LogP contribution in [0.15, 0.2) is 85.1 Å². The van der Waals surface area contributed by atoms with E-state index >= 15 is 0 Å². The van der Waals surface area contributed by atoms with Crippen molar-refractivity contribution in [2.24, 2.45) is 11.7 Å². The van der Waals surface area contributed by atoms with Crippen LogP contribution in [0.5, 0.6) is 5.75 Å². The summed E-state index contributed by atoms with van der Waals surface area (Å²) in [5.41, 5.74) is 7.60. The van der Waals surface area contributed by atoms with Crippen molar-refractivity contribution in [3.05, 3.63) is 102 Å². The highest BCUT2D eigenvalue weighted by Crippen LogP contribution is 2.21. The molecule has 0 spiro atoms. The maximum Gasteiger partial charge on any atom is 0.327 e. The number of aliphatic hydroxyl groups is 3. The predicted molar refractivity (Wildman–Crippen MR) is 370 cm³/mol. The van der Waals surface area contributed by atoms with Gasteiger partial charge in [-0.25, -0.2) is 4.79 Å². The molecule has 103 heavy (non-hydrogen) atoms. The van der Waals surface area contributed by atoms with Crippen molar-refractivity contribution in [3.63, 3.8) is 0 Å². The van der Waals surface area contributed by atoms with E-state index in [0.29, 0.717) is 28.5 Å². The monoisotopic (exact) mass is 1480 g/mol. The summed E-state index contributed by atoms with van der Waals surface area (Å²) in [6.07, 6.45) is -5.26. The predicted octanol–water partition coefficient (Wildman–Crippen LogP) is -4.88. The number of carbonyl (C=O) groups is 15. The molecule has 0 saturated heterocycles. The lowest BCUT2D eigenvalue weighted by molar-refractivity contribution is -0.142. The number of aromatic hydroxyl groups is 1. The Morgan fingerprint density at radius 1 is 0.447 bits per heavy atom. The van der Waals surface area contributed by atoms with Gasteiger partial charge in [-0.1, -0.05) is 80.9 Å². The van der Waals surface area contributed by atoms with Crippen molar-refractivity contribution in [1.29, 1.82) is 0 Å². The highest BCUT2D eigenvalue weighted by Gasteiger charge is 2.39. The lowest BCUT2D eigenvalue weighted by atomic mass is 9.97. The van der Waals surface area contributed by atoms with E-state index in [1.54, 1.807) is 74.6 Å². The molecule has 0 saturated carbocycles. The zero-order valence-electron chi connectivity index (χ0n) is 56.0. The molecule has 0 aliphatic heterocycles. The van der Waals surface area contributed by atoms with E-state index in [1.807, 2.05) is 16.0 Å². The number of aromatic amines is 1. The summed E-state index contributed by atoms with van der Waals surface area (Å²) in [5.74, 6) is -20.7. The molecule has 38 heteroatoms. The molecular formula is C65H87N13O23S2. The summed E-state index contributed by atoms with van der Waals surface area (Å²) in [5, 5.41) is 106. The van der Waals surface area contributed by atoms with Crippen LogP contribution in [0.4, 0.5) is 0 Å². The number of amides is 11. The van der Waals surface area contributed by atoms with Gasteiger partial charge in [-0.05, 0) is 60.6 Å². The van der Waals surface area contributed by atoms with Crippen LogP contribution in [0, 0.1) is 5.92 Å². The summed E-state index contributed by atoms with van der Waals surface area (Å²) < 4.78 is 0. The first kappa shape index (κ1) is 85.0. The van der Waals surface area contributed by atoms with Gasteiger partial charge in [0.15, 0.2) is 0 Å². The van der Waals surface area contributed by atoms with Crippen molar-refractivity contribution in [3.8, 4) is 5.75 Å². The smallest absolute Gasteiger partial charge is 0.327 e. The number of rotatable bonds is 44. The van der Waals surface area contributed by atoms with E-state index in [4.69, 9.17) is 5.73 Å². The second-order valence-electron chi connectivity index (χ2n) is 23.9. The van der Waals surface area contributed by atoms with Gasteiger partial charge < -0.3 is 110 Å². The van der Waals surface area contributed by atoms with E-state index in [-0.39, 0.29) is 35.7 Å². The molecule has 0 radical (unpaired) electrons. The van der Waals surface area contributed by atoms with Crippen molar-refractivity contribution in [2.45, 2.75) is 157 Å². The minimum absolute atomic E-state index is 0.123. The van der Waals surface area contributed by atoms with Gasteiger partial charge in [0, 0.05) is 60.7 Å². The number of thiol groups is 2. The quantitative estimate of drug-likeness (QED) is 0.0185. The van der Waals surface area contributed by atoms with Gasteiger partial charge in [0.1, 0.15) is 72.2 Å². The molecule has 3 aromatic carbocycles. The molecule has 562 valence electrons. The highest BCUT2D eigenvalue weighted by molar-refractivity contribution is 7.80. The number of carbonyl (C=O) groups excluding carboxylic acids is 11. The number of H-pyrrole nitrogens is 1. The van der Waals surface area contributed by atoms with Gasteiger partial charge in [-0.15, -0.1) is 0 Å². The standard InChI is InChI=1S/C65H87N13O23S2/c1-4-31(2)52(77-54(89)38(66)29-102)63(98)69-41(19-21-50(85)86)55(90)68-40(18-20-49(83)84)56(91)74-46(27-79)62(97)72-45(25-51(87)88)59(94)75-47(28-80)61(96)71-43(23-34-14-16-36(82)17-15-34)60(95)78-53(32(3)81)64(99)73-44(24-35-26-67-39-13-9-8-12-37(35)39)58(93)70-42(22-33-10-6-5-7-11-33)57(92)76-48(30-103)65(100)101/h5-17,26,31-32,38,40-48,52-53,67,79-82,102-103H,4,18-25,27-30,66H2,1-3H3,(H,68,90)(H,69,98)(H,70,93)(H,71,96)(H,72,97)(H,73,99)(H,74,91)(H,75,94)(H,76,92)(H,77,89)(H,78,95)(H,83,84)(H,85,86)(H,87,88)(H,100,101)/t31-,32+,38-,40-,41-,42-,43-,44-,45-,46-,47-,48-,52-,53-/m0/s1. The van der Waals surface area contributed by atoms with E-state index in [1.165, 1.54) is 24.3 Å². The van der Waals surface area contributed by atoms with Crippen molar-refractivity contribution < 1.29 is 113 Å². The largest absolute Gasteiger partial charge is 0.508 e. The number of fused-ring (bicyclic) bond motifs is 1. The van der Waals surface area contributed by atoms with Gasteiger partial charge in [-0.3, -0.25) is 67.1 Å². The third-order valence-corrected chi connectivity index (χ3v) is 16.8. The average Bonchev–Trinajstić information content (AvgIpc) is 1.19. The zero-order valence-corrected chi connectivity index (χ0v) is 57.8. The van der Waals surface area contributed by atoms with Crippen molar-refractivity contribution >= 4 is 125 Å². The number of nitrogens with one attached hydrogen (secondary N) is 12. The normalized spacial score (nSPS) is 15.2. The van der Waals surface area contributed by atoms with Crippen molar-refractivity contribution in [1.82, 2.24) is 63.5 Å². The van der Waals surface area contributed by atoms with Crippen LogP contribution in [-0.2, 0) is 91.2 Å².